The van der Waals surface area contributed by atoms with Crippen molar-refractivity contribution in [2.75, 3.05) is 29.5 Å². The minimum Gasteiger partial charge on any atom is -0.478 e. The third-order valence-electron chi connectivity index (χ3n) is 2.72. The molecular formula is C10H12N2O4S. The highest BCUT2D eigenvalue weighted by atomic mass is 32.2. The number of hydrogen-bond acceptors (Lipinski definition) is 5. The van der Waals surface area contributed by atoms with E-state index in [1.807, 2.05) is 0 Å². The molecule has 7 heteroatoms. The van der Waals surface area contributed by atoms with Gasteiger partial charge >= 0.3 is 5.97 Å². The normalized spacial score (nSPS) is 18.9. The number of carboxylic acid groups (broad SMARTS) is 1. The van der Waals surface area contributed by atoms with E-state index in [1.165, 1.54) is 18.5 Å². The Morgan fingerprint density at radius 1 is 1.35 bits per heavy atom. The number of sulfone groups is 1. The first kappa shape index (κ1) is 11.8. The standard InChI is InChI=1S/C10H12N2O4S/c13-10(14)8-1-2-11-7-9(8)12-3-5-17(15,16)6-4-12/h1-2,7H,3-6H2,(H,13,14). The number of anilines is 1. The highest BCUT2D eigenvalue weighted by Gasteiger charge is 2.24. The fourth-order valence-corrected chi connectivity index (χ4v) is 2.97. The molecule has 0 saturated carbocycles. The van der Waals surface area contributed by atoms with E-state index in [4.69, 9.17) is 5.11 Å². The largest absolute Gasteiger partial charge is 0.478 e. The number of carboxylic acids is 1. The quantitative estimate of drug-likeness (QED) is 0.802. The van der Waals surface area contributed by atoms with Crippen LogP contribution < -0.4 is 4.90 Å². The van der Waals surface area contributed by atoms with Crippen LogP contribution >= 0.6 is 0 Å². The van der Waals surface area contributed by atoms with Gasteiger partial charge in [-0.15, -0.1) is 0 Å². The maximum atomic E-state index is 11.3. The number of carbonyl (C=O) groups is 1. The van der Waals surface area contributed by atoms with Crippen molar-refractivity contribution in [2.24, 2.45) is 0 Å². The zero-order chi connectivity index (χ0) is 12.5. The highest BCUT2D eigenvalue weighted by molar-refractivity contribution is 7.91. The second kappa shape index (κ2) is 4.33. The number of aromatic carboxylic acids is 1. The number of nitrogens with zero attached hydrogens (tertiary/aromatic N) is 2. The van der Waals surface area contributed by atoms with Crippen LogP contribution in [-0.4, -0.2) is 49.1 Å². The smallest absolute Gasteiger partial charge is 0.337 e. The number of pyridine rings is 1. The Morgan fingerprint density at radius 2 is 2.00 bits per heavy atom. The van der Waals surface area contributed by atoms with Crippen LogP contribution in [0, 0.1) is 0 Å². The van der Waals surface area contributed by atoms with Crippen LogP contribution in [0.25, 0.3) is 0 Å². The molecule has 0 aromatic carbocycles. The van der Waals surface area contributed by atoms with E-state index < -0.39 is 15.8 Å². The van der Waals surface area contributed by atoms with Crippen molar-refractivity contribution < 1.29 is 18.3 Å². The predicted octanol–water partition coefficient (Wildman–Crippen LogP) is 0.0146. The first-order chi connectivity index (χ1) is 7.99. The summed E-state index contributed by atoms with van der Waals surface area (Å²) in [5.74, 6) is -0.919. The van der Waals surface area contributed by atoms with E-state index in [9.17, 15) is 13.2 Å². The SMILES string of the molecule is O=C(O)c1ccncc1N1CCS(=O)(=O)CC1. The molecule has 1 aliphatic rings. The topological polar surface area (TPSA) is 87.6 Å². The van der Waals surface area contributed by atoms with E-state index in [-0.39, 0.29) is 17.1 Å². The molecule has 0 radical (unpaired) electrons. The Kier molecular flexibility index (Phi) is 3.01. The summed E-state index contributed by atoms with van der Waals surface area (Å²) in [4.78, 5) is 16.7. The molecule has 1 aromatic rings. The summed E-state index contributed by atoms with van der Waals surface area (Å²) in [6.45, 7) is 0.628. The molecular weight excluding hydrogens is 244 g/mol. The monoisotopic (exact) mass is 256 g/mol. The molecule has 6 nitrogen and oxygen atoms in total. The summed E-state index contributed by atoms with van der Waals surface area (Å²) < 4.78 is 22.6. The molecule has 1 saturated heterocycles. The Balaban J connectivity index is 2.27. The summed E-state index contributed by atoms with van der Waals surface area (Å²) >= 11 is 0. The lowest BCUT2D eigenvalue weighted by atomic mass is 10.2. The Hall–Kier alpha value is -1.63. The molecule has 1 fully saturated rings. The van der Waals surface area contributed by atoms with Gasteiger partial charge < -0.3 is 10.0 Å². The summed E-state index contributed by atoms with van der Waals surface area (Å²) in [5, 5.41) is 9.03. The van der Waals surface area contributed by atoms with Crippen LogP contribution in [0.1, 0.15) is 10.4 Å². The predicted molar refractivity (Wildman–Crippen MR) is 62.1 cm³/mol. The van der Waals surface area contributed by atoms with Gasteiger partial charge in [0.2, 0.25) is 0 Å². The number of hydrogen-bond donors (Lipinski definition) is 1. The maximum Gasteiger partial charge on any atom is 0.337 e. The summed E-state index contributed by atoms with van der Waals surface area (Å²) in [6.07, 6.45) is 2.87. The van der Waals surface area contributed by atoms with Gasteiger partial charge in [-0.1, -0.05) is 0 Å². The Morgan fingerprint density at radius 3 is 2.59 bits per heavy atom. The molecule has 2 heterocycles. The van der Waals surface area contributed by atoms with Gasteiger partial charge in [0, 0.05) is 19.3 Å². The van der Waals surface area contributed by atoms with Gasteiger partial charge in [-0.25, -0.2) is 13.2 Å². The minimum absolute atomic E-state index is 0.0565. The minimum atomic E-state index is -2.97. The Bertz CT molecular complexity index is 527. The molecule has 0 unspecified atom stereocenters. The van der Waals surface area contributed by atoms with Crippen molar-refractivity contribution in [1.29, 1.82) is 0 Å². The maximum absolute atomic E-state index is 11.3. The summed E-state index contributed by atoms with van der Waals surface area (Å²) in [6, 6.07) is 1.42. The zero-order valence-corrected chi connectivity index (χ0v) is 9.85. The molecule has 1 N–H and O–H groups in total. The lowest BCUT2D eigenvalue weighted by molar-refractivity contribution is 0.0697. The molecule has 0 aliphatic carbocycles. The van der Waals surface area contributed by atoms with E-state index in [2.05, 4.69) is 4.98 Å². The van der Waals surface area contributed by atoms with Gasteiger partial charge in [0.05, 0.1) is 29.0 Å². The van der Waals surface area contributed by atoms with Crippen molar-refractivity contribution in [3.05, 3.63) is 24.0 Å². The molecule has 17 heavy (non-hydrogen) atoms. The van der Waals surface area contributed by atoms with Crippen LogP contribution in [0.15, 0.2) is 18.5 Å². The molecule has 0 bridgehead atoms. The zero-order valence-electron chi connectivity index (χ0n) is 9.04. The third kappa shape index (κ3) is 2.55. The van der Waals surface area contributed by atoms with E-state index in [0.717, 1.165) is 0 Å². The Labute approximate surface area is 98.8 Å². The molecule has 1 aromatic heterocycles. The average molecular weight is 256 g/mol. The van der Waals surface area contributed by atoms with Gasteiger partial charge in [0.15, 0.2) is 9.84 Å². The van der Waals surface area contributed by atoms with Gasteiger partial charge in [0.1, 0.15) is 0 Å². The fraction of sp³-hybridized carbons (Fsp3) is 0.400. The summed E-state index contributed by atoms with van der Waals surface area (Å²) in [7, 11) is -2.97. The third-order valence-corrected chi connectivity index (χ3v) is 4.32. The van der Waals surface area contributed by atoms with Gasteiger partial charge in [-0.05, 0) is 6.07 Å². The second-order valence-electron chi connectivity index (χ2n) is 3.84. The van der Waals surface area contributed by atoms with Crippen LogP contribution in [0.4, 0.5) is 5.69 Å². The molecule has 0 atom stereocenters. The van der Waals surface area contributed by atoms with Crippen molar-refractivity contribution in [3.63, 3.8) is 0 Å². The summed E-state index contributed by atoms with van der Waals surface area (Å²) in [5.41, 5.74) is 0.634. The van der Waals surface area contributed by atoms with Crippen molar-refractivity contribution in [2.45, 2.75) is 0 Å². The van der Waals surface area contributed by atoms with E-state index in [1.54, 1.807) is 4.90 Å². The van der Waals surface area contributed by atoms with E-state index >= 15 is 0 Å². The molecule has 92 valence electrons. The first-order valence-corrected chi connectivity index (χ1v) is 6.94. The first-order valence-electron chi connectivity index (χ1n) is 5.12. The van der Waals surface area contributed by atoms with Crippen molar-refractivity contribution in [1.82, 2.24) is 4.98 Å². The molecule has 1 aliphatic heterocycles. The van der Waals surface area contributed by atoms with Crippen LogP contribution in [-0.2, 0) is 9.84 Å². The van der Waals surface area contributed by atoms with Crippen LogP contribution in [0.5, 0.6) is 0 Å². The van der Waals surface area contributed by atoms with Crippen LogP contribution in [0.2, 0.25) is 0 Å². The van der Waals surface area contributed by atoms with E-state index in [0.29, 0.717) is 18.8 Å². The van der Waals surface area contributed by atoms with Crippen LogP contribution in [0.3, 0.4) is 0 Å². The molecule has 0 amide bonds. The van der Waals surface area contributed by atoms with Crippen molar-refractivity contribution >= 4 is 21.5 Å². The fourth-order valence-electron chi connectivity index (χ4n) is 1.77. The van der Waals surface area contributed by atoms with Gasteiger partial charge in [-0.3, -0.25) is 4.98 Å². The lowest BCUT2D eigenvalue weighted by Crippen LogP contribution is -2.41. The average Bonchev–Trinajstić information content (AvgIpc) is 2.29. The molecule has 2 rings (SSSR count). The number of rotatable bonds is 2. The van der Waals surface area contributed by atoms with Crippen molar-refractivity contribution in [3.8, 4) is 0 Å². The van der Waals surface area contributed by atoms with Gasteiger partial charge in [-0.2, -0.15) is 0 Å². The molecule has 0 spiro atoms. The number of aromatic nitrogens is 1. The lowest BCUT2D eigenvalue weighted by Gasteiger charge is -2.29. The second-order valence-corrected chi connectivity index (χ2v) is 6.14. The highest BCUT2D eigenvalue weighted by Crippen LogP contribution is 2.21. The van der Waals surface area contributed by atoms with Gasteiger partial charge in [0.25, 0.3) is 0 Å².